The second kappa shape index (κ2) is 7.38. The van der Waals surface area contributed by atoms with Crippen molar-refractivity contribution in [1.82, 2.24) is 15.1 Å². The Morgan fingerprint density at radius 1 is 1.17 bits per heavy atom. The molecule has 2 N–H and O–H groups in total. The Kier molecular flexibility index (Phi) is 4.75. The Bertz CT molecular complexity index is 1120. The zero-order valence-corrected chi connectivity index (χ0v) is 16.0. The zero-order chi connectivity index (χ0) is 20.5. The standard InChI is InChI=1S/C21H19FN4O3/c1-12(27)24-15-5-3-14-10-26-16(11-29-20(14)8-15)9-19(25-26)17-7-13(21(28)23-2)4-6-18(17)22/h3-9H,10-11H2,1-2H3,(H,23,28)(H,24,27). The van der Waals surface area contributed by atoms with Gasteiger partial charge in [-0.1, -0.05) is 6.07 Å². The summed E-state index contributed by atoms with van der Waals surface area (Å²) in [5.41, 5.74) is 3.39. The summed E-state index contributed by atoms with van der Waals surface area (Å²) in [6.45, 7) is 2.14. The molecule has 7 nitrogen and oxygen atoms in total. The molecule has 1 aromatic heterocycles. The molecular weight excluding hydrogens is 375 g/mol. The Hall–Kier alpha value is -3.68. The molecule has 0 unspecified atom stereocenters. The molecule has 0 saturated carbocycles. The molecule has 0 fully saturated rings. The quantitative estimate of drug-likeness (QED) is 0.715. The van der Waals surface area contributed by atoms with Gasteiger partial charge in [0.1, 0.15) is 18.2 Å². The van der Waals surface area contributed by atoms with Gasteiger partial charge in [-0.25, -0.2) is 4.39 Å². The normalized spacial score (nSPS) is 12.2. The van der Waals surface area contributed by atoms with Gasteiger partial charge in [0.05, 0.1) is 17.9 Å². The fourth-order valence-corrected chi connectivity index (χ4v) is 3.26. The highest BCUT2D eigenvalue weighted by Gasteiger charge is 2.20. The molecule has 1 aliphatic rings. The Morgan fingerprint density at radius 3 is 2.76 bits per heavy atom. The molecule has 0 bridgehead atoms. The van der Waals surface area contributed by atoms with Crippen LogP contribution in [0.5, 0.6) is 5.75 Å². The Labute approximate surface area is 166 Å². The predicted octanol–water partition coefficient (Wildman–Crippen LogP) is 2.95. The molecule has 3 aromatic rings. The number of carbonyl (C=O) groups is 2. The molecule has 148 valence electrons. The number of benzene rings is 2. The monoisotopic (exact) mass is 394 g/mol. The first-order valence-corrected chi connectivity index (χ1v) is 9.06. The number of hydrogen-bond donors (Lipinski definition) is 2. The number of nitrogens with zero attached hydrogens (tertiary/aromatic N) is 2. The first-order valence-electron chi connectivity index (χ1n) is 9.06. The molecule has 0 radical (unpaired) electrons. The summed E-state index contributed by atoms with van der Waals surface area (Å²) >= 11 is 0. The van der Waals surface area contributed by atoms with Crippen LogP contribution >= 0.6 is 0 Å². The molecule has 0 saturated heterocycles. The van der Waals surface area contributed by atoms with Crippen molar-refractivity contribution in [2.45, 2.75) is 20.1 Å². The lowest BCUT2D eigenvalue weighted by Crippen LogP contribution is -2.17. The average Bonchev–Trinajstić information content (AvgIpc) is 3.01. The molecule has 2 amide bonds. The summed E-state index contributed by atoms with van der Waals surface area (Å²) in [6, 6.07) is 11.4. The maximum Gasteiger partial charge on any atom is 0.251 e. The topological polar surface area (TPSA) is 85.3 Å². The number of aromatic nitrogens is 2. The number of nitrogens with one attached hydrogen (secondary N) is 2. The van der Waals surface area contributed by atoms with E-state index >= 15 is 0 Å². The molecule has 2 heterocycles. The number of fused-ring (bicyclic) bond motifs is 2. The number of rotatable bonds is 3. The Morgan fingerprint density at radius 2 is 2.00 bits per heavy atom. The molecular formula is C21H19FN4O3. The SMILES string of the molecule is CNC(=O)c1ccc(F)c(-c2cc3n(n2)Cc2ccc(NC(C)=O)cc2OC3)c1. The molecule has 8 heteroatoms. The molecule has 1 aliphatic heterocycles. The smallest absolute Gasteiger partial charge is 0.251 e. The van der Waals surface area contributed by atoms with Gasteiger partial charge >= 0.3 is 0 Å². The maximum atomic E-state index is 14.4. The van der Waals surface area contributed by atoms with Crippen LogP contribution in [-0.4, -0.2) is 28.6 Å². The minimum absolute atomic E-state index is 0.155. The third kappa shape index (κ3) is 3.69. The van der Waals surface area contributed by atoms with E-state index in [2.05, 4.69) is 15.7 Å². The van der Waals surface area contributed by atoms with E-state index < -0.39 is 5.82 Å². The van der Waals surface area contributed by atoms with Gasteiger partial charge in [0.25, 0.3) is 5.91 Å². The number of halogens is 1. The van der Waals surface area contributed by atoms with Gasteiger partial charge in [-0.05, 0) is 30.3 Å². The fourth-order valence-electron chi connectivity index (χ4n) is 3.26. The number of hydrogen-bond acceptors (Lipinski definition) is 4. The average molecular weight is 394 g/mol. The first kappa shape index (κ1) is 18.7. The van der Waals surface area contributed by atoms with Crippen molar-refractivity contribution in [2.75, 3.05) is 12.4 Å². The van der Waals surface area contributed by atoms with Gasteiger partial charge in [0.15, 0.2) is 0 Å². The Balaban J connectivity index is 1.66. The summed E-state index contributed by atoms with van der Waals surface area (Å²) in [6.07, 6.45) is 0. The highest BCUT2D eigenvalue weighted by atomic mass is 19.1. The van der Waals surface area contributed by atoms with E-state index in [1.165, 1.54) is 32.2 Å². The lowest BCUT2D eigenvalue weighted by atomic mass is 10.1. The highest BCUT2D eigenvalue weighted by molar-refractivity contribution is 5.95. The van der Waals surface area contributed by atoms with E-state index in [1.807, 2.05) is 6.07 Å². The van der Waals surface area contributed by atoms with E-state index in [9.17, 15) is 14.0 Å². The number of anilines is 1. The van der Waals surface area contributed by atoms with Crippen LogP contribution in [0.25, 0.3) is 11.3 Å². The predicted molar refractivity (Wildman–Crippen MR) is 105 cm³/mol. The number of carbonyl (C=O) groups excluding carboxylic acids is 2. The van der Waals surface area contributed by atoms with Crippen LogP contribution in [0.4, 0.5) is 10.1 Å². The number of ether oxygens (including phenoxy) is 1. The maximum absolute atomic E-state index is 14.4. The van der Waals surface area contributed by atoms with E-state index in [4.69, 9.17) is 4.74 Å². The van der Waals surface area contributed by atoms with Crippen molar-refractivity contribution < 1.29 is 18.7 Å². The molecule has 4 rings (SSSR count). The highest BCUT2D eigenvalue weighted by Crippen LogP contribution is 2.30. The van der Waals surface area contributed by atoms with Gasteiger partial charge in [0, 0.05) is 42.4 Å². The first-order chi connectivity index (χ1) is 13.9. The summed E-state index contributed by atoms with van der Waals surface area (Å²) < 4.78 is 22.0. The molecule has 2 aromatic carbocycles. The summed E-state index contributed by atoms with van der Waals surface area (Å²) in [5.74, 6) is -0.236. The van der Waals surface area contributed by atoms with Gasteiger partial charge in [-0.15, -0.1) is 0 Å². The van der Waals surface area contributed by atoms with Crippen LogP contribution in [0.1, 0.15) is 28.5 Å². The molecule has 29 heavy (non-hydrogen) atoms. The van der Waals surface area contributed by atoms with E-state index in [0.29, 0.717) is 29.2 Å². The lowest BCUT2D eigenvalue weighted by molar-refractivity contribution is -0.114. The zero-order valence-electron chi connectivity index (χ0n) is 16.0. The van der Waals surface area contributed by atoms with Gasteiger partial charge < -0.3 is 15.4 Å². The van der Waals surface area contributed by atoms with E-state index in [-0.39, 0.29) is 24.0 Å². The minimum Gasteiger partial charge on any atom is -0.487 e. The van der Waals surface area contributed by atoms with Crippen molar-refractivity contribution in [1.29, 1.82) is 0 Å². The van der Waals surface area contributed by atoms with Crippen LogP contribution < -0.4 is 15.4 Å². The van der Waals surface area contributed by atoms with Crippen LogP contribution in [0.15, 0.2) is 42.5 Å². The van der Waals surface area contributed by atoms with Crippen molar-refractivity contribution in [3.05, 3.63) is 65.1 Å². The third-order valence-corrected chi connectivity index (χ3v) is 4.68. The molecule has 0 spiro atoms. The summed E-state index contributed by atoms with van der Waals surface area (Å²) in [7, 11) is 1.52. The second-order valence-electron chi connectivity index (χ2n) is 6.74. The summed E-state index contributed by atoms with van der Waals surface area (Å²) in [4.78, 5) is 23.1. The van der Waals surface area contributed by atoms with Gasteiger partial charge in [-0.2, -0.15) is 5.10 Å². The van der Waals surface area contributed by atoms with Crippen LogP contribution in [0, 0.1) is 5.82 Å². The van der Waals surface area contributed by atoms with Crippen LogP contribution in [-0.2, 0) is 17.9 Å². The van der Waals surface area contributed by atoms with Crippen LogP contribution in [0.3, 0.4) is 0 Å². The van der Waals surface area contributed by atoms with E-state index in [0.717, 1.165) is 11.3 Å². The number of amides is 2. The summed E-state index contributed by atoms with van der Waals surface area (Å²) in [5, 5.41) is 9.79. The molecule has 0 atom stereocenters. The largest absolute Gasteiger partial charge is 0.487 e. The van der Waals surface area contributed by atoms with Crippen molar-refractivity contribution in [3.8, 4) is 17.0 Å². The minimum atomic E-state index is -0.452. The van der Waals surface area contributed by atoms with Gasteiger partial charge in [-0.3, -0.25) is 14.3 Å². The second-order valence-corrected chi connectivity index (χ2v) is 6.74. The van der Waals surface area contributed by atoms with E-state index in [1.54, 1.807) is 22.9 Å². The lowest BCUT2D eigenvalue weighted by Gasteiger charge is -2.09. The van der Waals surface area contributed by atoms with Crippen molar-refractivity contribution in [3.63, 3.8) is 0 Å². The third-order valence-electron chi connectivity index (χ3n) is 4.68. The van der Waals surface area contributed by atoms with Crippen LogP contribution in [0.2, 0.25) is 0 Å². The fraction of sp³-hybridized carbons (Fsp3) is 0.190. The van der Waals surface area contributed by atoms with Crippen molar-refractivity contribution >= 4 is 17.5 Å². The van der Waals surface area contributed by atoms with Crippen molar-refractivity contribution in [2.24, 2.45) is 0 Å². The van der Waals surface area contributed by atoms with Gasteiger partial charge in [0.2, 0.25) is 5.91 Å². The molecule has 0 aliphatic carbocycles.